The minimum Gasteiger partial charge on any atom is -0.492 e. The minimum atomic E-state index is -0.438. The van der Waals surface area contributed by atoms with Crippen LogP contribution < -0.4 is 9.64 Å². The molecule has 0 fully saturated rings. The third kappa shape index (κ3) is 4.22. The molecule has 5 aromatic rings. The number of nitro groups is 1. The summed E-state index contributed by atoms with van der Waals surface area (Å²) in [5, 5.41) is 16.6. The molecule has 0 aliphatic carbocycles. The highest BCUT2D eigenvalue weighted by molar-refractivity contribution is 7.23. The summed E-state index contributed by atoms with van der Waals surface area (Å²) >= 11 is 2.72. The Morgan fingerprint density at radius 1 is 1.18 bits per heavy atom. The molecule has 0 bridgehead atoms. The van der Waals surface area contributed by atoms with E-state index in [-0.39, 0.29) is 11.6 Å². The number of rotatable bonds is 8. The highest BCUT2D eigenvalue weighted by Crippen LogP contribution is 2.36. The maximum Gasteiger partial charge on any atom is 0.270 e. The van der Waals surface area contributed by atoms with E-state index < -0.39 is 4.92 Å². The van der Waals surface area contributed by atoms with E-state index in [2.05, 4.69) is 5.10 Å². The number of hydrogen-bond donors (Lipinski definition) is 0. The largest absolute Gasteiger partial charge is 0.492 e. The molecule has 0 aliphatic heterocycles. The molecule has 0 atom stereocenters. The summed E-state index contributed by atoms with van der Waals surface area (Å²) in [7, 11) is 0. The highest BCUT2D eigenvalue weighted by Gasteiger charge is 2.24. The summed E-state index contributed by atoms with van der Waals surface area (Å²) < 4.78 is 9.21. The number of amides is 1. The second-order valence-corrected chi connectivity index (χ2v) is 9.44. The van der Waals surface area contributed by atoms with Crippen LogP contribution in [0.3, 0.4) is 0 Å². The SMILES string of the molecule is CCOc1cccc2sc(N(CCn3cccn3)C(=O)c3cc4cc([N+](=O)[O-])ccc4s3)nc12. The summed E-state index contributed by atoms with van der Waals surface area (Å²) in [5.74, 6) is 0.462. The van der Waals surface area contributed by atoms with Gasteiger partial charge in [0.25, 0.3) is 11.6 Å². The summed E-state index contributed by atoms with van der Waals surface area (Å²) in [5.41, 5.74) is 0.711. The molecule has 172 valence electrons. The van der Waals surface area contributed by atoms with Gasteiger partial charge in [0, 0.05) is 41.2 Å². The predicted octanol–water partition coefficient (Wildman–Crippen LogP) is 5.36. The monoisotopic (exact) mass is 493 g/mol. The van der Waals surface area contributed by atoms with E-state index in [9.17, 15) is 14.9 Å². The van der Waals surface area contributed by atoms with Gasteiger partial charge in [-0.05, 0) is 37.3 Å². The Morgan fingerprint density at radius 3 is 2.82 bits per heavy atom. The lowest BCUT2D eigenvalue weighted by Crippen LogP contribution is -2.33. The first kappa shape index (κ1) is 22.0. The molecular weight excluding hydrogens is 474 g/mol. The lowest BCUT2D eigenvalue weighted by atomic mass is 10.2. The second kappa shape index (κ2) is 9.20. The average Bonchev–Trinajstić information content (AvgIpc) is 3.58. The van der Waals surface area contributed by atoms with Crippen LogP contribution in [-0.4, -0.2) is 38.7 Å². The fourth-order valence-corrected chi connectivity index (χ4v) is 5.60. The molecule has 11 heteroatoms. The van der Waals surface area contributed by atoms with Crippen molar-refractivity contribution in [3.63, 3.8) is 0 Å². The Kier molecular flexibility index (Phi) is 5.95. The zero-order valence-corrected chi connectivity index (χ0v) is 19.7. The quantitative estimate of drug-likeness (QED) is 0.213. The van der Waals surface area contributed by atoms with Crippen LogP contribution in [0.15, 0.2) is 60.9 Å². The molecular formula is C23H19N5O4S2. The van der Waals surface area contributed by atoms with Gasteiger partial charge in [0.05, 0.1) is 27.7 Å². The van der Waals surface area contributed by atoms with Crippen molar-refractivity contribution in [1.29, 1.82) is 0 Å². The molecule has 9 nitrogen and oxygen atoms in total. The molecule has 3 aromatic heterocycles. The number of hydrogen-bond acceptors (Lipinski definition) is 8. The number of para-hydroxylation sites is 1. The van der Waals surface area contributed by atoms with Gasteiger partial charge in [-0.2, -0.15) is 5.10 Å². The van der Waals surface area contributed by atoms with Crippen LogP contribution >= 0.6 is 22.7 Å². The molecule has 3 heterocycles. The number of anilines is 1. The summed E-state index contributed by atoms with van der Waals surface area (Å²) in [6.45, 7) is 3.28. The molecule has 0 unspecified atom stereocenters. The number of ether oxygens (including phenoxy) is 1. The summed E-state index contributed by atoms with van der Waals surface area (Å²) in [6.07, 6.45) is 3.53. The first-order chi connectivity index (χ1) is 16.5. The van der Waals surface area contributed by atoms with Crippen molar-refractivity contribution in [3.8, 4) is 5.75 Å². The Balaban J connectivity index is 1.53. The number of carbonyl (C=O) groups is 1. The highest BCUT2D eigenvalue weighted by atomic mass is 32.1. The van der Waals surface area contributed by atoms with E-state index in [0.717, 1.165) is 9.40 Å². The number of non-ortho nitro benzene ring substituents is 1. The van der Waals surface area contributed by atoms with Crippen LogP contribution in [-0.2, 0) is 6.54 Å². The lowest BCUT2D eigenvalue weighted by molar-refractivity contribution is -0.384. The van der Waals surface area contributed by atoms with Crippen LogP contribution in [0.2, 0.25) is 0 Å². The molecule has 0 radical (unpaired) electrons. The van der Waals surface area contributed by atoms with Crippen molar-refractivity contribution in [2.24, 2.45) is 0 Å². The van der Waals surface area contributed by atoms with Gasteiger partial charge in [0.1, 0.15) is 11.3 Å². The Morgan fingerprint density at radius 2 is 2.06 bits per heavy atom. The molecule has 0 saturated carbocycles. The zero-order valence-electron chi connectivity index (χ0n) is 18.1. The summed E-state index contributed by atoms with van der Waals surface area (Å²) in [6, 6.07) is 13.9. The number of fused-ring (bicyclic) bond motifs is 2. The van der Waals surface area contributed by atoms with E-state index in [0.29, 0.717) is 46.4 Å². The van der Waals surface area contributed by atoms with Gasteiger partial charge in [-0.25, -0.2) is 4.98 Å². The third-order valence-electron chi connectivity index (χ3n) is 5.18. The van der Waals surface area contributed by atoms with Gasteiger partial charge < -0.3 is 4.74 Å². The molecule has 0 N–H and O–H groups in total. The van der Waals surface area contributed by atoms with E-state index in [1.165, 1.54) is 34.8 Å². The zero-order chi connectivity index (χ0) is 23.7. The van der Waals surface area contributed by atoms with E-state index in [4.69, 9.17) is 9.72 Å². The van der Waals surface area contributed by atoms with Crippen LogP contribution in [0.25, 0.3) is 20.3 Å². The van der Waals surface area contributed by atoms with Crippen molar-refractivity contribution < 1.29 is 14.5 Å². The van der Waals surface area contributed by atoms with Gasteiger partial charge in [-0.15, -0.1) is 11.3 Å². The number of aromatic nitrogens is 3. The predicted molar refractivity (Wildman–Crippen MR) is 133 cm³/mol. The Labute approximate surface area is 202 Å². The molecule has 1 amide bonds. The fraction of sp³-hybridized carbons (Fsp3) is 0.174. The van der Waals surface area contributed by atoms with Crippen molar-refractivity contribution in [2.45, 2.75) is 13.5 Å². The minimum absolute atomic E-state index is 0.00513. The normalized spacial score (nSPS) is 11.2. The van der Waals surface area contributed by atoms with Gasteiger partial charge in [0.15, 0.2) is 5.13 Å². The van der Waals surface area contributed by atoms with Gasteiger partial charge in [0.2, 0.25) is 0 Å². The third-order valence-corrected chi connectivity index (χ3v) is 7.33. The standard InChI is InChI=1S/C23H19N5O4S2/c1-2-32-17-5-3-6-19-21(17)25-23(34-19)27(12-11-26-10-4-9-24-26)22(29)20-14-15-13-16(28(30)31)7-8-18(15)33-20/h3-10,13-14H,2,11-12H2,1H3. The molecule has 0 spiro atoms. The number of nitrogens with zero attached hydrogens (tertiary/aromatic N) is 5. The Bertz CT molecular complexity index is 1490. The number of nitro benzene ring substituents is 1. The number of carbonyl (C=O) groups excluding carboxylic acids is 1. The first-order valence-electron chi connectivity index (χ1n) is 10.5. The fourth-order valence-electron chi connectivity index (χ4n) is 3.60. The smallest absolute Gasteiger partial charge is 0.270 e. The van der Waals surface area contributed by atoms with Crippen LogP contribution in [0.4, 0.5) is 10.8 Å². The molecule has 0 saturated heterocycles. The Hall–Kier alpha value is -3.83. The van der Waals surface area contributed by atoms with Crippen molar-refractivity contribution >= 4 is 59.7 Å². The maximum absolute atomic E-state index is 13.7. The van der Waals surface area contributed by atoms with Crippen molar-refractivity contribution in [1.82, 2.24) is 14.8 Å². The van der Waals surface area contributed by atoms with E-state index in [1.54, 1.807) is 27.9 Å². The van der Waals surface area contributed by atoms with E-state index in [1.807, 2.05) is 37.4 Å². The van der Waals surface area contributed by atoms with Crippen LogP contribution in [0.5, 0.6) is 5.75 Å². The van der Waals surface area contributed by atoms with Crippen molar-refractivity contribution in [3.05, 3.63) is 75.9 Å². The second-order valence-electron chi connectivity index (χ2n) is 7.35. The van der Waals surface area contributed by atoms with Gasteiger partial charge >= 0.3 is 0 Å². The van der Waals surface area contributed by atoms with Crippen molar-refractivity contribution in [2.75, 3.05) is 18.1 Å². The number of benzene rings is 2. The van der Waals surface area contributed by atoms with Crippen LogP contribution in [0, 0.1) is 10.1 Å². The maximum atomic E-state index is 13.7. The van der Waals surface area contributed by atoms with Gasteiger partial charge in [-0.3, -0.25) is 24.5 Å². The average molecular weight is 494 g/mol. The lowest BCUT2D eigenvalue weighted by Gasteiger charge is -2.19. The molecule has 2 aromatic carbocycles. The topological polar surface area (TPSA) is 103 Å². The molecule has 0 aliphatic rings. The van der Waals surface area contributed by atoms with E-state index >= 15 is 0 Å². The number of thiazole rings is 1. The molecule has 5 rings (SSSR count). The molecule has 34 heavy (non-hydrogen) atoms. The van der Waals surface area contributed by atoms with Gasteiger partial charge in [-0.1, -0.05) is 17.4 Å². The van der Waals surface area contributed by atoms with Crippen LogP contribution in [0.1, 0.15) is 16.6 Å². The first-order valence-corrected chi connectivity index (χ1v) is 12.2. The summed E-state index contributed by atoms with van der Waals surface area (Å²) in [4.78, 5) is 31.3. The number of thiophene rings is 1.